The minimum absolute atomic E-state index is 0.102. The van der Waals surface area contributed by atoms with Crippen molar-refractivity contribution in [3.8, 4) is 6.07 Å². The molecule has 0 spiro atoms. The number of aliphatic hydroxyl groups excluding tert-OH is 1. The number of carbonyl (C=O) groups is 1. The quantitative estimate of drug-likeness (QED) is 0.139. The molecule has 0 radical (unpaired) electrons. The number of aliphatic hydroxyl groups is 1. The fraction of sp³-hybridized carbons (Fsp3) is 0.343. The first-order valence-corrected chi connectivity index (χ1v) is 16.5. The SMILES string of the molecule is [2H]/C(C)=C(/[2H])C(=O)Nc1ccc(C(O)Cn2c(C#N)cc3c(C)c(CN4CCC(Nc5ncnc6sc(CC(F)(F)F)cc56)CC4)ccc32)cn1. The van der Waals surface area contributed by atoms with E-state index >= 15 is 0 Å². The summed E-state index contributed by atoms with van der Waals surface area (Å²) in [6.07, 6.45) is -1.81. The van der Waals surface area contributed by atoms with Crippen LogP contribution >= 0.6 is 11.3 Å². The zero-order chi connectivity index (χ0) is 36.4. The van der Waals surface area contributed by atoms with Gasteiger partial charge in [-0.05, 0) is 68.1 Å². The number of amides is 1. The fourth-order valence-electron chi connectivity index (χ4n) is 6.17. The lowest BCUT2D eigenvalue weighted by Crippen LogP contribution is -2.39. The lowest BCUT2D eigenvalue weighted by Gasteiger charge is -2.33. The molecule has 4 aromatic heterocycles. The number of thiophene rings is 1. The number of rotatable bonds is 10. The first-order valence-electron chi connectivity index (χ1n) is 16.7. The van der Waals surface area contributed by atoms with Gasteiger partial charge in [0.2, 0.25) is 5.91 Å². The summed E-state index contributed by atoms with van der Waals surface area (Å²) in [6.45, 7) is 5.80. The van der Waals surface area contributed by atoms with Crippen LogP contribution in [0.2, 0.25) is 0 Å². The van der Waals surface area contributed by atoms with Crippen LogP contribution in [0.15, 0.2) is 61.0 Å². The van der Waals surface area contributed by atoms with Crippen molar-refractivity contribution in [1.82, 2.24) is 24.4 Å². The number of nitriles is 1. The predicted molar refractivity (Wildman–Crippen MR) is 183 cm³/mol. The predicted octanol–water partition coefficient (Wildman–Crippen LogP) is 6.65. The molecular formula is C35H35F3N8O2S. The maximum Gasteiger partial charge on any atom is 0.393 e. The largest absolute Gasteiger partial charge is 0.393 e. The average Bonchev–Trinajstić information content (AvgIpc) is 3.67. The number of halogens is 3. The second-order valence-electron chi connectivity index (χ2n) is 12.0. The molecule has 0 bridgehead atoms. The van der Waals surface area contributed by atoms with Gasteiger partial charge in [0, 0.05) is 53.2 Å². The number of aryl methyl sites for hydroxylation is 1. The molecule has 3 N–H and O–H groups in total. The number of pyridine rings is 1. The molecule has 6 rings (SSSR count). The van der Waals surface area contributed by atoms with Gasteiger partial charge in [-0.25, -0.2) is 15.0 Å². The molecule has 0 saturated carbocycles. The van der Waals surface area contributed by atoms with E-state index < -0.39 is 30.7 Å². The highest BCUT2D eigenvalue weighted by Crippen LogP contribution is 2.34. The van der Waals surface area contributed by atoms with Crippen molar-refractivity contribution in [3.05, 3.63) is 88.3 Å². The number of alkyl halides is 3. The summed E-state index contributed by atoms with van der Waals surface area (Å²) in [5.74, 6) is -0.00936. The maximum absolute atomic E-state index is 13.0. The van der Waals surface area contributed by atoms with E-state index in [-0.39, 0.29) is 29.3 Å². The van der Waals surface area contributed by atoms with Gasteiger partial charge in [0.1, 0.15) is 34.6 Å². The van der Waals surface area contributed by atoms with Crippen molar-refractivity contribution in [1.29, 1.82) is 5.26 Å². The van der Waals surface area contributed by atoms with Gasteiger partial charge in [0.25, 0.3) is 0 Å². The first kappa shape index (κ1) is 31.4. The highest BCUT2D eigenvalue weighted by molar-refractivity contribution is 7.18. The number of likely N-dealkylation sites (tertiary alicyclic amines) is 1. The van der Waals surface area contributed by atoms with Gasteiger partial charge in [0.05, 0.1) is 27.2 Å². The first-order chi connectivity index (χ1) is 24.3. The van der Waals surface area contributed by atoms with Crippen molar-refractivity contribution in [3.63, 3.8) is 0 Å². The summed E-state index contributed by atoms with van der Waals surface area (Å²) in [6, 6.07) is 12.2. The number of anilines is 2. The maximum atomic E-state index is 13.0. The summed E-state index contributed by atoms with van der Waals surface area (Å²) in [7, 11) is 0. The third-order valence-electron chi connectivity index (χ3n) is 8.67. The molecule has 1 fully saturated rings. The second kappa shape index (κ2) is 14.3. The smallest absolute Gasteiger partial charge is 0.386 e. The number of carbonyl (C=O) groups excluding carboxylic acids is 1. The Morgan fingerprint density at radius 1 is 1.20 bits per heavy atom. The van der Waals surface area contributed by atoms with Crippen LogP contribution in [-0.4, -0.2) is 60.7 Å². The van der Waals surface area contributed by atoms with Gasteiger partial charge in [0.15, 0.2) is 0 Å². The Hall–Kier alpha value is -4.84. The molecule has 10 nitrogen and oxygen atoms in total. The summed E-state index contributed by atoms with van der Waals surface area (Å²) < 4.78 is 55.7. The van der Waals surface area contributed by atoms with Crippen LogP contribution in [0.1, 0.15) is 55.9 Å². The highest BCUT2D eigenvalue weighted by atomic mass is 32.1. The minimum atomic E-state index is -4.28. The van der Waals surface area contributed by atoms with E-state index in [9.17, 15) is 28.3 Å². The summed E-state index contributed by atoms with van der Waals surface area (Å²) in [4.78, 5) is 27.8. The molecule has 49 heavy (non-hydrogen) atoms. The van der Waals surface area contributed by atoms with Gasteiger partial charge >= 0.3 is 6.18 Å². The second-order valence-corrected chi connectivity index (χ2v) is 13.1. The van der Waals surface area contributed by atoms with Gasteiger partial charge in [-0.3, -0.25) is 9.69 Å². The number of aromatic nitrogens is 4. The van der Waals surface area contributed by atoms with Crippen LogP contribution in [-0.2, 0) is 24.3 Å². The van der Waals surface area contributed by atoms with Gasteiger partial charge in [-0.15, -0.1) is 11.3 Å². The molecule has 0 aliphatic carbocycles. The van der Waals surface area contributed by atoms with Crippen LogP contribution in [0, 0.1) is 18.3 Å². The number of nitrogens with one attached hydrogen (secondary N) is 2. The normalized spacial score (nSPS) is 16.2. The van der Waals surface area contributed by atoms with E-state index in [1.807, 2.05) is 25.1 Å². The number of fused-ring (bicyclic) bond motifs is 2. The number of hydrogen-bond acceptors (Lipinski definition) is 9. The Morgan fingerprint density at radius 3 is 2.69 bits per heavy atom. The molecule has 5 heterocycles. The summed E-state index contributed by atoms with van der Waals surface area (Å²) in [5.41, 5.74) is 3.87. The molecule has 1 unspecified atom stereocenters. The minimum Gasteiger partial charge on any atom is -0.386 e. The van der Waals surface area contributed by atoms with E-state index in [2.05, 4.69) is 36.6 Å². The number of allylic oxidation sites excluding steroid dienone is 1. The van der Waals surface area contributed by atoms with Crippen LogP contribution in [0.5, 0.6) is 0 Å². The van der Waals surface area contributed by atoms with Crippen molar-refractivity contribution in [2.45, 2.75) is 64.5 Å². The average molecular weight is 691 g/mol. The number of piperidine rings is 1. The Bertz CT molecular complexity index is 2150. The van der Waals surface area contributed by atoms with Gasteiger partial charge < -0.3 is 20.3 Å². The van der Waals surface area contributed by atoms with Crippen LogP contribution in [0.3, 0.4) is 0 Å². The fourth-order valence-corrected chi connectivity index (χ4v) is 7.20. The highest BCUT2D eigenvalue weighted by Gasteiger charge is 2.29. The van der Waals surface area contributed by atoms with E-state index in [1.54, 1.807) is 10.6 Å². The molecule has 1 aliphatic heterocycles. The molecule has 1 saturated heterocycles. The number of nitrogens with zero attached hydrogens (tertiary/aromatic N) is 6. The van der Waals surface area contributed by atoms with Crippen molar-refractivity contribution in [2.75, 3.05) is 23.7 Å². The summed E-state index contributed by atoms with van der Waals surface area (Å²) >= 11 is 1.04. The molecule has 1 atom stereocenters. The molecule has 14 heteroatoms. The number of benzene rings is 1. The molecule has 5 aromatic rings. The van der Waals surface area contributed by atoms with Crippen molar-refractivity contribution in [2.24, 2.45) is 0 Å². The monoisotopic (exact) mass is 690 g/mol. The Kier molecular flexibility index (Phi) is 9.19. The van der Waals surface area contributed by atoms with Crippen molar-refractivity contribution < 1.29 is 25.8 Å². The zero-order valence-corrected chi connectivity index (χ0v) is 27.6. The molecule has 254 valence electrons. The molecule has 1 aliphatic rings. The Labute approximate surface area is 287 Å². The van der Waals surface area contributed by atoms with Crippen LogP contribution < -0.4 is 10.6 Å². The van der Waals surface area contributed by atoms with Crippen LogP contribution in [0.4, 0.5) is 24.8 Å². The third-order valence-corrected chi connectivity index (χ3v) is 9.71. The summed E-state index contributed by atoms with van der Waals surface area (Å²) in [5, 5.41) is 28.5. The number of hydrogen-bond donors (Lipinski definition) is 3. The van der Waals surface area contributed by atoms with Gasteiger partial charge in [-0.1, -0.05) is 18.2 Å². The lowest BCUT2D eigenvalue weighted by atomic mass is 10.0. The molecule has 1 aromatic carbocycles. The van der Waals surface area contributed by atoms with E-state index in [4.69, 9.17) is 2.74 Å². The van der Waals surface area contributed by atoms with Gasteiger partial charge in [-0.2, -0.15) is 18.4 Å². The topological polar surface area (TPSA) is 132 Å². The van der Waals surface area contributed by atoms with E-state index in [0.29, 0.717) is 33.8 Å². The molecule has 1 amide bonds. The standard InChI is InChI=1S/C35H35F3N8O2S/c1-3-4-32(48)44-31-8-6-22(17-40-31)30(47)19-46-25(16-39)13-27-21(2)23(5-7-29(27)46)18-45-11-9-24(10-12-45)43-33-28-14-26(15-35(36,37)38)49-34(28)42-20-41-33/h3-8,13-14,17,20,24,30,47H,9-12,15,18-19H2,1-2H3,(H,40,44,48)(H,41,42,43)/b4-3+/i3D,4D. The van der Waals surface area contributed by atoms with Crippen molar-refractivity contribution >= 4 is 50.0 Å². The Balaban J connectivity index is 1.09. The third kappa shape index (κ3) is 7.91. The zero-order valence-electron chi connectivity index (χ0n) is 28.8. The lowest BCUT2D eigenvalue weighted by molar-refractivity contribution is -0.126. The van der Waals surface area contributed by atoms with E-state index in [1.165, 1.54) is 31.6 Å². The van der Waals surface area contributed by atoms with E-state index in [0.717, 1.165) is 59.3 Å². The molecular weight excluding hydrogens is 654 g/mol. The van der Waals surface area contributed by atoms with Crippen LogP contribution in [0.25, 0.3) is 21.1 Å². The Morgan fingerprint density at radius 2 is 2.00 bits per heavy atom.